The Morgan fingerprint density at radius 1 is 1.39 bits per heavy atom. The van der Waals surface area contributed by atoms with Gasteiger partial charge in [-0.3, -0.25) is 0 Å². The summed E-state index contributed by atoms with van der Waals surface area (Å²) in [4.78, 5) is 7.51. The number of hydrogen-bond donors (Lipinski definition) is 2. The maximum Gasteiger partial charge on any atom is 0.137 e. The van der Waals surface area contributed by atoms with Crippen molar-refractivity contribution in [2.24, 2.45) is 5.92 Å². The zero-order valence-electron chi connectivity index (χ0n) is 10.5. The fraction of sp³-hybridized carbons (Fsp3) is 0.500. The summed E-state index contributed by atoms with van der Waals surface area (Å²) < 4.78 is 5.37. The van der Waals surface area contributed by atoms with E-state index in [0.29, 0.717) is 0 Å². The molecule has 0 aliphatic carbocycles. The van der Waals surface area contributed by atoms with Gasteiger partial charge in [-0.25, -0.2) is 4.98 Å². The molecule has 0 saturated carbocycles. The average Bonchev–Trinajstić information content (AvgIpc) is 2.84. The Hall–Kier alpha value is -1.39. The van der Waals surface area contributed by atoms with Crippen molar-refractivity contribution in [2.75, 3.05) is 19.8 Å². The topological polar surface area (TPSA) is 49.9 Å². The molecule has 0 unspecified atom stereocenters. The zero-order chi connectivity index (χ0) is 12.2. The van der Waals surface area contributed by atoms with E-state index in [4.69, 9.17) is 4.74 Å². The summed E-state index contributed by atoms with van der Waals surface area (Å²) in [5.74, 6) is 0.766. The lowest BCUT2D eigenvalue weighted by Gasteiger charge is -2.22. The SMILES string of the molecule is c1cnc2[nH]cc(CNCC3CCOCC3)c2c1. The number of aromatic amines is 1. The molecule has 4 heteroatoms. The largest absolute Gasteiger partial charge is 0.381 e. The van der Waals surface area contributed by atoms with Crippen molar-refractivity contribution in [1.82, 2.24) is 15.3 Å². The molecule has 96 valence electrons. The summed E-state index contributed by atoms with van der Waals surface area (Å²) in [5.41, 5.74) is 2.27. The van der Waals surface area contributed by atoms with E-state index in [2.05, 4.69) is 27.5 Å². The van der Waals surface area contributed by atoms with Crippen molar-refractivity contribution in [2.45, 2.75) is 19.4 Å². The smallest absolute Gasteiger partial charge is 0.137 e. The first-order chi connectivity index (χ1) is 8.93. The van der Waals surface area contributed by atoms with Crippen LogP contribution >= 0.6 is 0 Å². The predicted molar refractivity (Wildman–Crippen MR) is 71.3 cm³/mol. The number of hydrogen-bond acceptors (Lipinski definition) is 3. The molecule has 4 nitrogen and oxygen atoms in total. The molecule has 0 atom stereocenters. The molecule has 1 saturated heterocycles. The van der Waals surface area contributed by atoms with Crippen LogP contribution in [0.25, 0.3) is 11.0 Å². The first kappa shape index (κ1) is 11.7. The summed E-state index contributed by atoms with van der Waals surface area (Å²) in [6.07, 6.45) is 6.23. The number of nitrogens with zero attached hydrogens (tertiary/aromatic N) is 1. The molecule has 2 aromatic heterocycles. The number of pyridine rings is 1. The third kappa shape index (κ3) is 2.54. The molecule has 0 radical (unpaired) electrons. The van der Waals surface area contributed by atoms with Gasteiger partial charge in [0.05, 0.1) is 0 Å². The highest BCUT2D eigenvalue weighted by Crippen LogP contribution is 2.16. The van der Waals surface area contributed by atoms with Gasteiger partial charge in [0, 0.05) is 37.5 Å². The molecule has 3 heterocycles. The molecule has 2 aromatic rings. The molecular weight excluding hydrogens is 226 g/mol. The van der Waals surface area contributed by atoms with Crippen LogP contribution in [0, 0.1) is 5.92 Å². The standard InChI is InChI=1S/C14H19N3O/c1-2-13-12(10-17-14(13)16-5-1)9-15-8-11-3-6-18-7-4-11/h1-2,5,10-11,15H,3-4,6-9H2,(H,16,17). The van der Waals surface area contributed by atoms with Crippen molar-refractivity contribution in [3.05, 3.63) is 30.1 Å². The summed E-state index contributed by atoms with van der Waals surface area (Å²) in [6.45, 7) is 3.83. The molecule has 0 bridgehead atoms. The molecular formula is C14H19N3O. The molecule has 0 amide bonds. The molecule has 1 aliphatic rings. The Morgan fingerprint density at radius 3 is 3.17 bits per heavy atom. The van der Waals surface area contributed by atoms with E-state index in [-0.39, 0.29) is 0 Å². The molecule has 18 heavy (non-hydrogen) atoms. The van der Waals surface area contributed by atoms with E-state index in [1.165, 1.54) is 23.8 Å². The van der Waals surface area contributed by atoms with Gasteiger partial charge in [0.1, 0.15) is 5.65 Å². The van der Waals surface area contributed by atoms with Gasteiger partial charge in [0.15, 0.2) is 0 Å². The number of fused-ring (bicyclic) bond motifs is 1. The third-order valence-corrected chi connectivity index (χ3v) is 3.63. The Bertz CT molecular complexity index is 502. The first-order valence-electron chi connectivity index (χ1n) is 6.63. The zero-order valence-corrected chi connectivity index (χ0v) is 10.5. The minimum Gasteiger partial charge on any atom is -0.381 e. The second-order valence-electron chi connectivity index (χ2n) is 4.90. The molecule has 0 aromatic carbocycles. The summed E-state index contributed by atoms with van der Waals surface area (Å²) in [7, 11) is 0. The van der Waals surface area contributed by atoms with Crippen LogP contribution in [0.4, 0.5) is 0 Å². The summed E-state index contributed by atoms with van der Waals surface area (Å²) in [6, 6.07) is 4.10. The van der Waals surface area contributed by atoms with E-state index in [1.54, 1.807) is 0 Å². The fourth-order valence-corrected chi connectivity index (χ4v) is 2.52. The molecule has 1 aliphatic heterocycles. The van der Waals surface area contributed by atoms with Crippen LogP contribution in [0.3, 0.4) is 0 Å². The number of nitrogens with one attached hydrogen (secondary N) is 2. The van der Waals surface area contributed by atoms with Gasteiger partial charge in [0.25, 0.3) is 0 Å². The normalized spacial score (nSPS) is 17.3. The lowest BCUT2D eigenvalue weighted by Crippen LogP contribution is -2.27. The molecule has 0 spiro atoms. The van der Waals surface area contributed by atoms with E-state index >= 15 is 0 Å². The summed E-state index contributed by atoms with van der Waals surface area (Å²) >= 11 is 0. The number of rotatable bonds is 4. The Morgan fingerprint density at radius 2 is 2.28 bits per heavy atom. The Kier molecular flexibility index (Phi) is 3.57. The minimum atomic E-state index is 0.766. The van der Waals surface area contributed by atoms with Crippen LogP contribution < -0.4 is 5.32 Å². The predicted octanol–water partition coefficient (Wildman–Crippen LogP) is 2.08. The third-order valence-electron chi connectivity index (χ3n) is 3.63. The van der Waals surface area contributed by atoms with E-state index < -0.39 is 0 Å². The summed E-state index contributed by atoms with van der Waals surface area (Å²) in [5, 5.41) is 4.77. The van der Waals surface area contributed by atoms with Crippen LogP contribution in [-0.2, 0) is 11.3 Å². The highest BCUT2D eigenvalue weighted by Gasteiger charge is 2.13. The molecule has 3 rings (SSSR count). The maximum atomic E-state index is 5.37. The number of ether oxygens (including phenoxy) is 1. The second kappa shape index (κ2) is 5.50. The van der Waals surface area contributed by atoms with E-state index in [9.17, 15) is 0 Å². The van der Waals surface area contributed by atoms with Gasteiger partial charge in [-0.2, -0.15) is 0 Å². The van der Waals surface area contributed by atoms with Crippen LogP contribution in [0.5, 0.6) is 0 Å². The quantitative estimate of drug-likeness (QED) is 0.867. The number of H-pyrrole nitrogens is 1. The van der Waals surface area contributed by atoms with Crippen LogP contribution in [0.1, 0.15) is 18.4 Å². The van der Waals surface area contributed by atoms with Crippen molar-refractivity contribution in [3.8, 4) is 0 Å². The molecule has 2 N–H and O–H groups in total. The van der Waals surface area contributed by atoms with E-state index in [0.717, 1.165) is 37.9 Å². The van der Waals surface area contributed by atoms with Crippen LogP contribution in [-0.4, -0.2) is 29.7 Å². The highest BCUT2D eigenvalue weighted by molar-refractivity contribution is 5.79. The van der Waals surface area contributed by atoms with Crippen molar-refractivity contribution in [1.29, 1.82) is 0 Å². The van der Waals surface area contributed by atoms with Crippen molar-refractivity contribution < 1.29 is 4.74 Å². The van der Waals surface area contributed by atoms with Crippen LogP contribution in [0.15, 0.2) is 24.5 Å². The average molecular weight is 245 g/mol. The van der Waals surface area contributed by atoms with Gasteiger partial charge >= 0.3 is 0 Å². The Balaban J connectivity index is 1.56. The monoisotopic (exact) mass is 245 g/mol. The highest BCUT2D eigenvalue weighted by atomic mass is 16.5. The van der Waals surface area contributed by atoms with Gasteiger partial charge in [-0.05, 0) is 43.0 Å². The Labute approximate surface area is 107 Å². The lowest BCUT2D eigenvalue weighted by atomic mass is 10.0. The lowest BCUT2D eigenvalue weighted by molar-refractivity contribution is 0.0662. The minimum absolute atomic E-state index is 0.766. The second-order valence-corrected chi connectivity index (χ2v) is 4.90. The van der Waals surface area contributed by atoms with Crippen molar-refractivity contribution >= 4 is 11.0 Å². The molecule has 1 fully saturated rings. The van der Waals surface area contributed by atoms with Gasteiger partial charge in [-0.15, -0.1) is 0 Å². The van der Waals surface area contributed by atoms with E-state index in [1.807, 2.05) is 12.3 Å². The fourth-order valence-electron chi connectivity index (χ4n) is 2.52. The van der Waals surface area contributed by atoms with Gasteiger partial charge in [0.2, 0.25) is 0 Å². The van der Waals surface area contributed by atoms with Crippen LogP contribution in [0.2, 0.25) is 0 Å². The maximum absolute atomic E-state index is 5.37. The van der Waals surface area contributed by atoms with Crippen molar-refractivity contribution in [3.63, 3.8) is 0 Å². The number of aromatic nitrogens is 2. The first-order valence-corrected chi connectivity index (χ1v) is 6.63. The van der Waals surface area contributed by atoms with Gasteiger partial charge in [-0.1, -0.05) is 0 Å². The van der Waals surface area contributed by atoms with Gasteiger partial charge < -0.3 is 15.0 Å².